The molecule has 0 radical (unpaired) electrons. The van der Waals surface area contributed by atoms with E-state index >= 15 is 0 Å². The molecule has 0 bridgehead atoms. The largest absolute Gasteiger partial charge is 0.326 e. The number of fused-ring (bicyclic) bond motifs is 1. The Morgan fingerprint density at radius 2 is 1.86 bits per heavy atom. The number of benzene rings is 2. The van der Waals surface area contributed by atoms with Gasteiger partial charge in [-0.15, -0.1) is 0 Å². The van der Waals surface area contributed by atoms with E-state index in [0.29, 0.717) is 6.42 Å². The minimum Gasteiger partial charge on any atom is -0.326 e. The van der Waals surface area contributed by atoms with Crippen LogP contribution in [0.25, 0.3) is 0 Å². The predicted octanol–water partition coefficient (Wildman–Crippen LogP) is 4.31. The number of rotatable bonds is 4. The number of hydrogen-bond donors (Lipinski definition) is 1. The number of carbonyl (C=O) groups excluding carboxylic acids is 1. The van der Waals surface area contributed by atoms with Crippen molar-refractivity contribution in [3.63, 3.8) is 0 Å². The van der Waals surface area contributed by atoms with Gasteiger partial charge in [-0.3, -0.25) is 4.79 Å². The molecule has 0 unspecified atom stereocenters. The molecule has 1 aliphatic rings. The van der Waals surface area contributed by atoms with Gasteiger partial charge in [0.05, 0.1) is 0 Å². The third-order valence-electron chi connectivity index (χ3n) is 4.24. The molecule has 0 aromatic heterocycles. The third-order valence-corrected chi connectivity index (χ3v) is 4.24. The van der Waals surface area contributed by atoms with Crippen LogP contribution in [0, 0.1) is 0 Å². The van der Waals surface area contributed by atoms with Gasteiger partial charge in [0.15, 0.2) is 0 Å². The minimum absolute atomic E-state index is 0.0873. The van der Waals surface area contributed by atoms with Crippen molar-refractivity contribution in [1.29, 1.82) is 0 Å². The normalized spacial score (nSPS) is 14.5. The number of hydrogen-bond acceptors (Lipinski definition) is 1. The third kappa shape index (κ3) is 3.33. The van der Waals surface area contributed by atoms with Crippen molar-refractivity contribution in [2.24, 2.45) is 0 Å². The molecule has 0 fully saturated rings. The summed E-state index contributed by atoms with van der Waals surface area (Å²) in [4.78, 5) is 12.2. The van der Waals surface area contributed by atoms with E-state index in [1.165, 1.54) is 29.5 Å². The van der Waals surface area contributed by atoms with Gasteiger partial charge in [0.25, 0.3) is 0 Å². The first kappa shape index (κ1) is 13.9. The Kier molecular flexibility index (Phi) is 4.05. The van der Waals surface area contributed by atoms with E-state index in [4.69, 9.17) is 0 Å². The number of aryl methyl sites for hydroxylation is 2. The Labute approximate surface area is 126 Å². The summed E-state index contributed by atoms with van der Waals surface area (Å²) in [5.74, 6) is 0.324. The quantitative estimate of drug-likeness (QED) is 0.888. The second-order valence-electron chi connectivity index (χ2n) is 5.90. The summed E-state index contributed by atoms with van der Waals surface area (Å²) in [6.45, 7) is 2.09. The van der Waals surface area contributed by atoms with E-state index < -0.39 is 0 Å². The minimum atomic E-state index is 0.0873. The number of amides is 1. The van der Waals surface area contributed by atoms with Crippen molar-refractivity contribution in [3.05, 3.63) is 65.2 Å². The van der Waals surface area contributed by atoms with Crippen LogP contribution in [-0.4, -0.2) is 5.91 Å². The molecule has 2 aromatic rings. The molecule has 21 heavy (non-hydrogen) atoms. The molecule has 0 heterocycles. The molecule has 2 heteroatoms. The lowest BCUT2D eigenvalue weighted by Gasteiger charge is -2.12. The van der Waals surface area contributed by atoms with Crippen molar-refractivity contribution >= 4 is 11.6 Å². The van der Waals surface area contributed by atoms with Crippen molar-refractivity contribution < 1.29 is 4.79 Å². The fourth-order valence-electron chi connectivity index (χ4n) is 3.04. The zero-order valence-corrected chi connectivity index (χ0v) is 12.4. The standard InChI is InChI=1S/C19H21NO/c1-14(15-6-3-2-4-7-15)12-19(21)20-18-11-10-16-8-5-9-17(16)13-18/h2-4,6-7,10-11,13-14H,5,8-9,12H2,1H3,(H,20,21)/t14-/m0/s1. The van der Waals surface area contributed by atoms with E-state index in [0.717, 1.165) is 12.1 Å². The maximum absolute atomic E-state index is 12.2. The molecule has 0 spiro atoms. The van der Waals surface area contributed by atoms with Crippen LogP contribution in [0.5, 0.6) is 0 Å². The zero-order valence-electron chi connectivity index (χ0n) is 12.4. The van der Waals surface area contributed by atoms with E-state index in [1.807, 2.05) is 24.3 Å². The summed E-state index contributed by atoms with van der Waals surface area (Å²) in [5.41, 5.74) is 4.97. The van der Waals surface area contributed by atoms with Gasteiger partial charge in [-0.1, -0.05) is 43.3 Å². The van der Waals surface area contributed by atoms with Crippen molar-refractivity contribution in [2.45, 2.75) is 38.5 Å². The summed E-state index contributed by atoms with van der Waals surface area (Å²) in [7, 11) is 0. The van der Waals surface area contributed by atoms with Gasteiger partial charge in [0.2, 0.25) is 5.91 Å². The summed E-state index contributed by atoms with van der Waals surface area (Å²) >= 11 is 0. The van der Waals surface area contributed by atoms with Gasteiger partial charge in [-0.25, -0.2) is 0 Å². The summed E-state index contributed by atoms with van der Waals surface area (Å²) in [6.07, 6.45) is 4.06. The van der Waals surface area contributed by atoms with Crippen molar-refractivity contribution in [1.82, 2.24) is 0 Å². The molecule has 1 atom stereocenters. The fourth-order valence-corrected chi connectivity index (χ4v) is 3.04. The molecule has 1 aliphatic carbocycles. The smallest absolute Gasteiger partial charge is 0.224 e. The molecule has 0 saturated heterocycles. The number of anilines is 1. The average Bonchev–Trinajstić information content (AvgIpc) is 2.95. The Bertz CT molecular complexity index is 633. The van der Waals surface area contributed by atoms with E-state index in [1.54, 1.807) is 0 Å². The lowest BCUT2D eigenvalue weighted by atomic mass is 9.97. The van der Waals surface area contributed by atoms with Crippen molar-refractivity contribution in [3.8, 4) is 0 Å². The second kappa shape index (κ2) is 6.13. The van der Waals surface area contributed by atoms with Crippen LogP contribution in [0.1, 0.15) is 42.4 Å². The van der Waals surface area contributed by atoms with E-state index in [2.05, 4.69) is 36.5 Å². The van der Waals surface area contributed by atoms with Crippen LogP contribution >= 0.6 is 0 Å². The van der Waals surface area contributed by atoms with Crippen LogP contribution in [0.15, 0.2) is 48.5 Å². The topological polar surface area (TPSA) is 29.1 Å². The first-order valence-corrected chi connectivity index (χ1v) is 7.69. The Hall–Kier alpha value is -2.09. The molecule has 0 saturated carbocycles. The van der Waals surface area contributed by atoms with E-state index in [9.17, 15) is 4.79 Å². The van der Waals surface area contributed by atoms with E-state index in [-0.39, 0.29) is 11.8 Å². The molecular weight excluding hydrogens is 258 g/mol. The highest BCUT2D eigenvalue weighted by Crippen LogP contribution is 2.25. The first-order chi connectivity index (χ1) is 10.2. The maximum Gasteiger partial charge on any atom is 0.224 e. The lowest BCUT2D eigenvalue weighted by molar-refractivity contribution is -0.116. The van der Waals surface area contributed by atoms with Gasteiger partial charge in [-0.2, -0.15) is 0 Å². The Balaban J connectivity index is 1.61. The zero-order chi connectivity index (χ0) is 14.7. The summed E-state index contributed by atoms with van der Waals surface area (Å²) in [5, 5.41) is 3.03. The molecule has 1 N–H and O–H groups in total. The van der Waals surface area contributed by atoms with Crippen LogP contribution in [0.4, 0.5) is 5.69 Å². The Morgan fingerprint density at radius 3 is 2.67 bits per heavy atom. The molecule has 1 amide bonds. The van der Waals surface area contributed by atoms with Gasteiger partial charge >= 0.3 is 0 Å². The van der Waals surface area contributed by atoms with Gasteiger partial charge < -0.3 is 5.32 Å². The summed E-state index contributed by atoms with van der Waals surface area (Å²) < 4.78 is 0. The molecule has 2 aromatic carbocycles. The highest BCUT2D eigenvalue weighted by atomic mass is 16.1. The van der Waals surface area contributed by atoms with Gasteiger partial charge in [0, 0.05) is 12.1 Å². The number of nitrogens with one attached hydrogen (secondary N) is 1. The summed E-state index contributed by atoms with van der Waals surface area (Å²) in [6, 6.07) is 16.5. The van der Waals surface area contributed by atoms with Gasteiger partial charge in [-0.05, 0) is 54.0 Å². The SMILES string of the molecule is C[C@@H](CC(=O)Nc1ccc2c(c1)CCC2)c1ccccc1. The first-order valence-electron chi connectivity index (χ1n) is 7.69. The molecule has 3 rings (SSSR count). The highest BCUT2D eigenvalue weighted by Gasteiger charge is 2.14. The van der Waals surface area contributed by atoms with Crippen molar-refractivity contribution in [2.75, 3.05) is 5.32 Å². The molecule has 2 nitrogen and oxygen atoms in total. The fraction of sp³-hybridized carbons (Fsp3) is 0.316. The highest BCUT2D eigenvalue weighted by molar-refractivity contribution is 5.91. The van der Waals surface area contributed by atoms with Crippen LogP contribution < -0.4 is 5.32 Å². The predicted molar refractivity (Wildman–Crippen MR) is 86.6 cm³/mol. The molecule has 108 valence electrons. The molecular formula is C19H21NO. The van der Waals surface area contributed by atoms with Gasteiger partial charge in [0.1, 0.15) is 0 Å². The second-order valence-corrected chi connectivity index (χ2v) is 5.90. The Morgan fingerprint density at radius 1 is 1.10 bits per heavy atom. The van der Waals surface area contributed by atoms with Crippen LogP contribution in [-0.2, 0) is 17.6 Å². The van der Waals surface area contributed by atoms with Crippen LogP contribution in [0.3, 0.4) is 0 Å². The maximum atomic E-state index is 12.2. The van der Waals surface area contributed by atoms with Crippen LogP contribution in [0.2, 0.25) is 0 Å². The number of carbonyl (C=O) groups is 1. The monoisotopic (exact) mass is 279 g/mol. The molecule has 0 aliphatic heterocycles. The lowest BCUT2D eigenvalue weighted by Crippen LogP contribution is -2.14. The average molecular weight is 279 g/mol.